The first-order valence-electron chi connectivity index (χ1n) is 12.9. The molecule has 0 bridgehead atoms. The molecule has 1 aliphatic rings. The van der Waals surface area contributed by atoms with Crippen LogP contribution in [0.25, 0.3) is 33.4 Å². The van der Waals surface area contributed by atoms with Crippen molar-refractivity contribution in [1.29, 1.82) is 0 Å². The van der Waals surface area contributed by atoms with E-state index < -0.39 is 29.2 Å². The molecule has 8 nitrogen and oxygen atoms in total. The topological polar surface area (TPSA) is 129 Å². The van der Waals surface area contributed by atoms with Crippen molar-refractivity contribution in [2.24, 2.45) is 11.5 Å². The van der Waals surface area contributed by atoms with Gasteiger partial charge in [0, 0.05) is 27.6 Å². The van der Waals surface area contributed by atoms with Gasteiger partial charge in [-0.1, -0.05) is 54.6 Å². The summed E-state index contributed by atoms with van der Waals surface area (Å²) in [4.78, 5) is 37.9. The van der Waals surface area contributed by atoms with Crippen LogP contribution in [0.15, 0.2) is 77.2 Å². The van der Waals surface area contributed by atoms with Crippen LogP contribution in [0.1, 0.15) is 56.0 Å². The first-order chi connectivity index (χ1) is 18.5. The van der Waals surface area contributed by atoms with Crippen molar-refractivity contribution in [1.82, 2.24) is 4.90 Å². The maximum absolute atomic E-state index is 13.0. The number of benzene rings is 3. The highest BCUT2D eigenvalue weighted by molar-refractivity contribution is 6.04. The molecule has 1 aliphatic carbocycles. The molecule has 0 aliphatic heterocycles. The van der Waals surface area contributed by atoms with Crippen molar-refractivity contribution in [3.8, 4) is 22.5 Å². The van der Waals surface area contributed by atoms with Gasteiger partial charge in [0.1, 0.15) is 11.3 Å². The van der Waals surface area contributed by atoms with Crippen LogP contribution in [-0.4, -0.2) is 28.5 Å². The molecule has 1 fully saturated rings. The Bertz CT molecular complexity index is 1560. The van der Waals surface area contributed by atoms with E-state index in [1.807, 2.05) is 81.4 Å². The van der Waals surface area contributed by atoms with Crippen LogP contribution in [0.4, 0.5) is 9.59 Å². The zero-order valence-corrected chi connectivity index (χ0v) is 22.2. The maximum atomic E-state index is 13.0. The van der Waals surface area contributed by atoms with Gasteiger partial charge in [-0.3, -0.25) is 9.69 Å². The zero-order chi connectivity index (χ0) is 27.9. The van der Waals surface area contributed by atoms with Gasteiger partial charge in [0.15, 0.2) is 0 Å². The van der Waals surface area contributed by atoms with Crippen LogP contribution in [0.2, 0.25) is 0 Å². The molecule has 3 aromatic carbocycles. The van der Waals surface area contributed by atoms with Crippen LogP contribution < -0.4 is 11.5 Å². The van der Waals surface area contributed by atoms with Gasteiger partial charge >= 0.3 is 12.2 Å². The monoisotopic (exact) mass is 525 g/mol. The number of amides is 3. The Morgan fingerprint density at radius 1 is 0.897 bits per heavy atom. The Morgan fingerprint density at radius 3 is 2.10 bits per heavy atom. The van der Waals surface area contributed by atoms with Crippen LogP contribution in [0.5, 0.6) is 0 Å². The highest BCUT2D eigenvalue weighted by atomic mass is 16.6. The largest absolute Gasteiger partial charge is 0.455 e. The highest BCUT2D eigenvalue weighted by Crippen LogP contribution is 2.50. The summed E-state index contributed by atoms with van der Waals surface area (Å²) in [6.07, 6.45) is 0.507. The second-order valence-corrected chi connectivity index (χ2v) is 10.9. The average Bonchev–Trinajstić information content (AvgIpc) is 3.24. The molecule has 0 saturated heterocycles. The van der Waals surface area contributed by atoms with E-state index in [-0.39, 0.29) is 0 Å². The molecular weight excluding hydrogens is 494 g/mol. The first-order valence-corrected chi connectivity index (χ1v) is 12.9. The van der Waals surface area contributed by atoms with Crippen LogP contribution in [0, 0.1) is 0 Å². The number of rotatable bonds is 5. The molecule has 1 saturated carbocycles. The Morgan fingerprint density at radius 2 is 1.56 bits per heavy atom. The number of furan rings is 1. The third-order valence-corrected chi connectivity index (χ3v) is 7.37. The van der Waals surface area contributed by atoms with E-state index in [9.17, 15) is 14.4 Å². The molecule has 0 atom stereocenters. The fourth-order valence-corrected chi connectivity index (χ4v) is 5.65. The first kappa shape index (κ1) is 26.0. The lowest BCUT2D eigenvalue weighted by molar-refractivity contribution is -0.0342. The van der Waals surface area contributed by atoms with Crippen molar-refractivity contribution < 1.29 is 23.5 Å². The Hall–Kier alpha value is -4.59. The molecule has 0 unspecified atom stereocenters. The highest BCUT2D eigenvalue weighted by Gasteiger charge is 2.51. The fourth-order valence-electron chi connectivity index (χ4n) is 5.65. The zero-order valence-electron chi connectivity index (χ0n) is 22.2. The predicted octanol–water partition coefficient (Wildman–Crippen LogP) is 6.56. The summed E-state index contributed by atoms with van der Waals surface area (Å²) in [6.45, 7) is 5.72. The van der Waals surface area contributed by atoms with E-state index >= 15 is 0 Å². The smallest absolute Gasteiger partial charge is 0.419 e. The van der Waals surface area contributed by atoms with Crippen molar-refractivity contribution in [2.75, 3.05) is 0 Å². The third-order valence-electron chi connectivity index (χ3n) is 7.37. The van der Waals surface area contributed by atoms with E-state index in [0.29, 0.717) is 16.9 Å². The summed E-state index contributed by atoms with van der Waals surface area (Å²) >= 11 is 0. The van der Waals surface area contributed by atoms with E-state index in [4.69, 9.17) is 20.6 Å². The van der Waals surface area contributed by atoms with Gasteiger partial charge in [0.2, 0.25) is 5.91 Å². The van der Waals surface area contributed by atoms with Gasteiger partial charge < -0.3 is 20.6 Å². The minimum atomic E-state index is -1.13. The lowest BCUT2D eigenvalue weighted by atomic mass is 9.69. The number of primary amides is 2. The number of nitrogens with zero attached hydrogens (tertiary/aromatic N) is 1. The van der Waals surface area contributed by atoms with Crippen LogP contribution in [0.3, 0.4) is 0 Å². The SMILES string of the molecule is CC(C)(C)N(C(=O)OC(N)=O)C1(c2ccc(-c3oc4cc(C(N)=O)ccc4c3-c3ccccc3)cc2)CCC1. The lowest BCUT2D eigenvalue weighted by Crippen LogP contribution is -2.61. The molecule has 1 heterocycles. The number of fused-ring (bicyclic) bond motifs is 1. The van der Waals surface area contributed by atoms with Gasteiger partial charge in [-0.2, -0.15) is 0 Å². The van der Waals surface area contributed by atoms with Crippen LogP contribution in [-0.2, 0) is 10.3 Å². The summed E-state index contributed by atoms with van der Waals surface area (Å²) < 4.78 is 11.2. The molecule has 1 aromatic heterocycles. The van der Waals surface area contributed by atoms with Crippen molar-refractivity contribution in [3.63, 3.8) is 0 Å². The summed E-state index contributed by atoms with van der Waals surface area (Å²) in [5.74, 6) is 0.136. The lowest BCUT2D eigenvalue weighted by Gasteiger charge is -2.55. The molecule has 5 rings (SSSR count). The van der Waals surface area contributed by atoms with E-state index in [1.165, 1.54) is 0 Å². The number of hydrogen-bond donors (Lipinski definition) is 2. The molecule has 39 heavy (non-hydrogen) atoms. The minimum absolute atomic E-state index is 0.370. The number of carbonyl (C=O) groups is 3. The number of hydrogen-bond acceptors (Lipinski definition) is 5. The standard InChI is InChI=1S/C31H31N3O5/c1-30(2,3)34(29(37)39-28(33)36)31(16-7-17-31)22-13-10-20(11-14-22)26-25(19-8-5-4-6-9-19)23-15-12-21(27(32)35)18-24(23)38-26/h4-6,8-15,18H,7,16-17H2,1-3H3,(H2,32,35)(H2,33,36). The molecule has 3 amide bonds. The average molecular weight is 526 g/mol. The molecule has 8 heteroatoms. The molecule has 4 aromatic rings. The Balaban J connectivity index is 1.61. The quantitative estimate of drug-likeness (QED) is 0.285. The number of ether oxygens (including phenoxy) is 1. The van der Waals surface area contributed by atoms with E-state index in [0.717, 1.165) is 46.9 Å². The normalized spacial score (nSPS) is 14.4. The number of nitrogens with two attached hydrogens (primary N) is 2. The van der Waals surface area contributed by atoms with Crippen LogP contribution >= 0.6 is 0 Å². The Kier molecular flexibility index (Phi) is 6.42. The van der Waals surface area contributed by atoms with Gasteiger partial charge in [0.05, 0.1) is 5.54 Å². The Labute approximate surface area is 226 Å². The minimum Gasteiger partial charge on any atom is -0.455 e. The molecule has 0 radical (unpaired) electrons. The number of carbonyl (C=O) groups excluding carboxylic acids is 3. The second-order valence-electron chi connectivity index (χ2n) is 10.9. The van der Waals surface area contributed by atoms with E-state index in [2.05, 4.69) is 0 Å². The molecule has 200 valence electrons. The van der Waals surface area contributed by atoms with E-state index in [1.54, 1.807) is 17.0 Å². The van der Waals surface area contributed by atoms with Gasteiger partial charge in [-0.25, -0.2) is 9.59 Å². The summed E-state index contributed by atoms with van der Waals surface area (Å²) in [5.41, 5.74) is 14.0. The summed E-state index contributed by atoms with van der Waals surface area (Å²) in [5, 5.41) is 0.869. The second kappa shape index (κ2) is 9.62. The van der Waals surface area contributed by atoms with Crippen molar-refractivity contribution >= 4 is 29.1 Å². The third kappa shape index (κ3) is 4.63. The molecule has 0 spiro atoms. The van der Waals surface area contributed by atoms with Gasteiger partial charge in [-0.15, -0.1) is 0 Å². The fraction of sp³-hybridized carbons (Fsp3) is 0.258. The predicted molar refractivity (Wildman–Crippen MR) is 149 cm³/mol. The summed E-state index contributed by atoms with van der Waals surface area (Å²) in [7, 11) is 0. The van der Waals surface area contributed by atoms with Crippen molar-refractivity contribution in [3.05, 3.63) is 83.9 Å². The maximum Gasteiger partial charge on any atom is 0.419 e. The molecule has 4 N–H and O–H groups in total. The van der Waals surface area contributed by atoms with Crippen molar-refractivity contribution in [2.45, 2.75) is 51.1 Å². The summed E-state index contributed by atoms with van der Waals surface area (Å²) in [6, 6.07) is 23.0. The van der Waals surface area contributed by atoms with Gasteiger partial charge in [0.25, 0.3) is 0 Å². The molecular formula is C31H31N3O5. The van der Waals surface area contributed by atoms with Gasteiger partial charge in [-0.05, 0) is 69.4 Å².